The molecule has 0 heterocycles. The summed E-state index contributed by atoms with van der Waals surface area (Å²) in [6, 6.07) is -0.887. The first-order chi connectivity index (χ1) is 32.4. The third kappa shape index (κ3) is 49.3. The molecule has 0 aliphatic carbocycles. The lowest BCUT2D eigenvalue weighted by atomic mass is 10.0. The van der Waals surface area contributed by atoms with Gasteiger partial charge in [-0.1, -0.05) is 232 Å². The zero-order valence-corrected chi connectivity index (χ0v) is 46.0. The number of carbonyl (C=O) groups excluding carboxylic acids is 2. The molecule has 0 saturated carbocycles. The third-order valence-corrected chi connectivity index (χ3v) is 13.8. The van der Waals surface area contributed by atoms with Crippen molar-refractivity contribution in [3.63, 3.8) is 0 Å². The van der Waals surface area contributed by atoms with Crippen LogP contribution in [0.25, 0.3) is 0 Å². The maximum Gasteiger partial charge on any atom is 0.306 e. The molecule has 0 saturated heterocycles. The van der Waals surface area contributed by atoms with Gasteiger partial charge in [0, 0.05) is 12.8 Å². The summed E-state index contributed by atoms with van der Waals surface area (Å²) in [5.41, 5.74) is 0. The predicted molar refractivity (Wildman–Crippen MR) is 284 cm³/mol. The van der Waals surface area contributed by atoms with Crippen LogP contribution in [0.15, 0.2) is 24.3 Å². The van der Waals surface area contributed by atoms with Crippen LogP contribution < -0.4 is 10.2 Å². The highest BCUT2D eigenvalue weighted by molar-refractivity contribution is 7.45. The van der Waals surface area contributed by atoms with Crippen molar-refractivity contribution in [1.29, 1.82) is 0 Å². The van der Waals surface area contributed by atoms with E-state index in [9.17, 15) is 19.0 Å². The Bertz CT molecular complexity index is 1210. The number of hydrogen-bond donors (Lipinski definition) is 1. The quantitative estimate of drug-likeness (QED) is 0.0212. The number of hydrogen-bond acceptors (Lipinski definition) is 7. The minimum atomic E-state index is -4.69. The Labute approximate surface area is 415 Å². The number of phosphoric acid groups is 1. The molecule has 9 nitrogen and oxygen atoms in total. The highest BCUT2D eigenvalue weighted by Gasteiger charge is 2.27. The monoisotopic (exact) mass is 967 g/mol. The van der Waals surface area contributed by atoms with Gasteiger partial charge >= 0.3 is 5.97 Å². The van der Waals surface area contributed by atoms with E-state index in [1.165, 1.54) is 173 Å². The molecule has 0 bridgehead atoms. The van der Waals surface area contributed by atoms with Gasteiger partial charge in [0.2, 0.25) is 5.91 Å². The number of likely N-dealkylation sites (N-methyl/N-ethyl adjacent to an activating group) is 1. The molecule has 1 amide bonds. The molecule has 0 rings (SSSR count). The number of amides is 1. The molecular weight excluding hydrogens is 856 g/mol. The lowest BCUT2D eigenvalue weighted by Crippen LogP contribution is -2.47. The van der Waals surface area contributed by atoms with Gasteiger partial charge in [0.1, 0.15) is 19.3 Å². The van der Waals surface area contributed by atoms with Crippen molar-refractivity contribution in [2.75, 3.05) is 40.9 Å². The van der Waals surface area contributed by atoms with Crippen LogP contribution in [-0.2, 0) is 27.9 Å². The molecule has 0 aliphatic heterocycles. The Balaban J connectivity index is 5.37. The number of nitrogens with one attached hydrogen (secondary N) is 1. The van der Waals surface area contributed by atoms with Crippen LogP contribution in [0.4, 0.5) is 0 Å². The fraction of sp³-hybridized carbons (Fsp3) is 0.895. The van der Waals surface area contributed by atoms with Crippen LogP contribution in [0.3, 0.4) is 0 Å². The van der Waals surface area contributed by atoms with Crippen LogP contribution in [0, 0.1) is 0 Å². The molecule has 3 atom stereocenters. The molecule has 0 spiro atoms. The molecule has 3 unspecified atom stereocenters. The van der Waals surface area contributed by atoms with E-state index in [4.69, 9.17) is 13.8 Å². The summed E-state index contributed by atoms with van der Waals surface area (Å²) in [5.74, 6) is -0.548. The minimum Gasteiger partial charge on any atom is -0.756 e. The normalized spacial score (nSPS) is 14.0. The summed E-state index contributed by atoms with van der Waals surface area (Å²) in [6.07, 6.45) is 54.2. The van der Waals surface area contributed by atoms with Gasteiger partial charge in [-0.05, 0) is 57.4 Å². The second kappa shape index (κ2) is 48.1. The largest absolute Gasteiger partial charge is 0.756 e. The Kier molecular flexibility index (Phi) is 47.0. The standard InChI is InChI=1S/C57H111N2O7P/c1-7-10-13-16-19-22-25-28-29-32-34-37-40-43-46-49-56(60)58-54(53-65-67(62,63)64-52-51-59(4,5)6)55(48-45-42-39-36-33-30-26-23-20-17-14-11-8-2)66-57(61)50-47-44-41-38-35-31-27-24-21-18-15-12-9-3/h31,35,45,48,54-55H,7-30,32-34,36-44,46-47,49-53H2,1-6H3,(H-,58,60,62,63)/b35-31-,48-45+. The molecular formula is C57H111N2O7P. The predicted octanol–water partition coefficient (Wildman–Crippen LogP) is 16.4. The summed E-state index contributed by atoms with van der Waals surface area (Å²) in [7, 11) is 1.19. The molecule has 67 heavy (non-hydrogen) atoms. The molecule has 10 heteroatoms. The molecule has 0 aromatic rings. The number of esters is 1. The topological polar surface area (TPSA) is 114 Å². The molecule has 0 fully saturated rings. The van der Waals surface area contributed by atoms with E-state index in [-0.39, 0.29) is 31.5 Å². The number of rotatable bonds is 52. The Morgan fingerprint density at radius 1 is 0.507 bits per heavy atom. The summed E-state index contributed by atoms with van der Waals surface area (Å²) in [4.78, 5) is 39.8. The van der Waals surface area contributed by atoms with Gasteiger partial charge in [-0.2, -0.15) is 0 Å². The Morgan fingerprint density at radius 3 is 1.28 bits per heavy atom. The van der Waals surface area contributed by atoms with Crippen molar-refractivity contribution in [3.05, 3.63) is 24.3 Å². The van der Waals surface area contributed by atoms with Gasteiger partial charge in [-0.15, -0.1) is 0 Å². The number of phosphoric ester groups is 1. The molecule has 396 valence electrons. The van der Waals surface area contributed by atoms with E-state index in [0.717, 1.165) is 64.2 Å². The van der Waals surface area contributed by atoms with Gasteiger partial charge in [-0.25, -0.2) is 0 Å². The van der Waals surface area contributed by atoms with Gasteiger partial charge in [-0.3, -0.25) is 14.2 Å². The number of unbranched alkanes of at least 4 members (excludes halogenated alkanes) is 34. The molecule has 0 aliphatic rings. The van der Waals surface area contributed by atoms with Crippen LogP contribution >= 0.6 is 7.82 Å². The fourth-order valence-electron chi connectivity index (χ4n) is 8.40. The second-order valence-electron chi connectivity index (χ2n) is 20.8. The van der Waals surface area contributed by atoms with Crippen LogP contribution in [-0.4, -0.2) is 69.4 Å². The van der Waals surface area contributed by atoms with Crippen LogP contribution in [0.2, 0.25) is 0 Å². The van der Waals surface area contributed by atoms with E-state index in [1.54, 1.807) is 0 Å². The first-order valence-corrected chi connectivity index (χ1v) is 30.1. The first kappa shape index (κ1) is 65.5. The van der Waals surface area contributed by atoms with E-state index in [0.29, 0.717) is 23.9 Å². The van der Waals surface area contributed by atoms with Crippen molar-refractivity contribution in [3.8, 4) is 0 Å². The van der Waals surface area contributed by atoms with Gasteiger partial charge in [0.15, 0.2) is 0 Å². The summed E-state index contributed by atoms with van der Waals surface area (Å²) >= 11 is 0. The smallest absolute Gasteiger partial charge is 0.306 e. The average Bonchev–Trinajstić information content (AvgIpc) is 3.28. The SMILES string of the molecule is CCCCCCCC/C=C\CCCCCC(=O)OC(/C=C/CCCCCCCCCCCCC)C(COP(=O)([O-])OCC[N+](C)(C)C)NC(=O)CCCCCCCCCCCCCCCCC. The molecule has 1 N–H and O–H groups in total. The fourth-order valence-corrected chi connectivity index (χ4v) is 9.12. The summed E-state index contributed by atoms with van der Waals surface area (Å²) in [6.45, 7) is 6.85. The van der Waals surface area contributed by atoms with E-state index in [1.807, 2.05) is 33.3 Å². The van der Waals surface area contributed by atoms with Crippen molar-refractivity contribution in [2.24, 2.45) is 0 Å². The lowest BCUT2D eigenvalue weighted by molar-refractivity contribution is -0.870. The number of quaternary nitrogens is 1. The van der Waals surface area contributed by atoms with E-state index in [2.05, 4.69) is 38.2 Å². The van der Waals surface area contributed by atoms with Crippen molar-refractivity contribution in [2.45, 2.75) is 290 Å². The second-order valence-corrected chi connectivity index (χ2v) is 22.2. The van der Waals surface area contributed by atoms with Crippen molar-refractivity contribution < 1.29 is 37.3 Å². The summed E-state index contributed by atoms with van der Waals surface area (Å²) in [5, 5.41) is 3.02. The maximum atomic E-state index is 13.5. The van der Waals surface area contributed by atoms with Crippen molar-refractivity contribution >= 4 is 19.7 Å². The Morgan fingerprint density at radius 2 is 0.866 bits per heavy atom. The van der Waals surface area contributed by atoms with Gasteiger partial charge in [0.05, 0.1) is 33.8 Å². The average molecular weight is 967 g/mol. The zero-order valence-electron chi connectivity index (χ0n) is 45.1. The maximum absolute atomic E-state index is 13.5. The van der Waals surface area contributed by atoms with Crippen molar-refractivity contribution in [1.82, 2.24) is 5.32 Å². The highest BCUT2D eigenvalue weighted by atomic mass is 31.2. The third-order valence-electron chi connectivity index (χ3n) is 12.9. The molecule has 0 aromatic carbocycles. The minimum absolute atomic E-state index is 0.0211. The van der Waals surface area contributed by atoms with E-state index >= 15 is 0 Å². The van der Waals surface area contributed by atoms with Gasteiger partial charge < -0.3 is 28.5 Å². The number of carbonyl (C=O) groups is 2. The number of nitrogens with zero attached hydrogens (tertiary/aromatic N) is 1. The highest BCUT2D eigenvalue weighted by Crippen LogP contribution is 2.38. The Hall–Kier alpha value is -1.51. The number of ether oxygens (including phenoxy) is 1. The van der Waals surface area contributed by atoms with Crippen LogP contribution in [0.5, 0.6) is 0 Å². The zero-order chi connectivity index (χ0) is 49.4. The van der Waals surface area contributed by atoms with Crippen LogP contribution in [0.1, 0.15) is 278 Å². The lowest BCUT2D eigenvalue weighted by Gasteiger charge is -2.30. The summed E-state index contributed by atoms with van der Waals surface area (Å²) < 4.78 is 30.2. The molecule has 0 aromatic heterocycles. The van der Waals surface area contributed by atoms with Gasteiger partial charge in [0.25, 0.3) is 7.82 Å². The van der Waals surface area contributed by atoms with E-state index < -0.39 is 20.0 Å². The molecule has 0 radical (unpaired) electrons. The first-order valence-electron chi connectivity index (χ1n) is 28.6. The number of allylic oxidation sites excluding steroid dienone is 3.